The maximum atomic E-state index is 11.2. The molecule has 1 rings (SSSR count). The van der Waals surface area contributed by atoms with Crippen LogP contribution in [0.5, 0.6) is 0 Å². The molecule has 0 aromatic carbocycles. The maximum absolute atomic E-state index is 11.2. The Kier molecular flexibility index (Phi) is 3.29. The largest absolute Gasteiger partial charge is 0.462 e. The first-order valence-electron chi connectivity index (χ1n) is 3.58. The number of ether oxygens (including phenoxy) is 1. The molecule has 0 fully saturated rings. The summed E-state index contributed by atoms with van der Waals surface area (Å²) < 4.78 is 5.83. The number of aryl methyl sites for hydroxylation is 1. The standard InChI is InChI=1S/C8H9BrO2S/c1-3-11-8(10)7-5(2)4-6(9)12-7/h4H,3H2,1-2H3. The lowest BCUT2D eigenvalue weighted by Gasteiger charge is -1.98. The number of carbonyl (C=O) groups is 1. The molecule has 0 bridgehead atoms. The normalized spacial score (nSPS) is 9.92. The molecule has 1 aromatic heterocycles. The Morgan fingerprint density at radius 1 is 1.75 bits per heavy atom. The van der Waals surface area contributed by atoms with Crippen LogP contribution in [0.25, 0.3) is 0 Å². The highest BCUT2D eigenvalue weighted by atomic mass is 79.9. The highest BCUT2D eigenvalue weighted by Crippen LogP contribution is 2.26. The lowest BCUT2D eigenvalue weighted by atomic mass is 10.3. The lowest BCUT2D eigenvalue weighted by Crippen LogP contribution is -2.03. The van der Waals surface area contributed by atoms with E-state index in [9.17, 15) is 4.79 Å². The molecule has 0 saturated heterocycles. The van der Waals surface area contributed by atoms with E-state index >= 15 is 0 Å². The highest BCUT2D eigenvalue weighted by molar-refractivity contribution is 9.11. The summed E-state index contributed by atoms with van der Waals surface area (Å²) in [5.74, 6) is -0.231. The predicted octanol–water partition coefficient (Wildman–Crippen LogP) is 3.00. The Bertz CT molecular complexity index is 293. The summed E-state index contributed by atoms with van der Waals surface area (Å²) >= 11 is 4.72. The minimum atomic E-state index is -0.231. The van der Waals surface area contributed by atoms with E-state index in [0.717, 1.165) is 9.35 Å². The quantitative estimate of drug-likeness (QED) is 0.753. The number of carbonyl (C=O) groups excluding carboxylic acids is 1. The molecule has 0 aliphatic rings. The average Bonchev–Trinajstić information content (AvgIpc) is 2.30. The Morgan fingerprint density at radius 2 is 2.42 bits per heavy atom. The zero-order valence-electron chi connectivity index (χ0n) is 6.89. The molecule has 1 heterocycles. The second-order valence-corrected chi connectivity index (χ2v) is 4.71. The number of halogens is 1. The van der Waals surface area contributed by atoms with Gasteiger partial charge in [-0.3, -0.25) is 0 Å². The molecule has 0 N–H and O–H groups in total. The Morgan fingerprint density at radius 3 is 2.83 bits per heavy atom. The molecule has 2 nitrogen and oxygen atoms in total. The molecule has 0 atom stereocenters. The fourth-order valence-corrected chi connectivity index (χ4v) is 2.46. The van der Waals surface area contributed by atoms with Gasteiger partial charge in [0, 0.05) is 0 Å². The number of hydrogen-bond acceptors (Lipinski definition) is 3. The van der Waals surface area contributed by atoms with Crippen LogP contribution in [0.3, 0.4) is 0 Å². The van der Waals surface area contributed by atoms with Crippen molar-refractivity contribution in [3.05, 3.63) is 20.3 Å². The van der Waals surface area contributed by atoms with Gasteiger partial charge in [-0.25, -0.2) is 4.79 Å². The minimum absolute atomic E-state index is 0.231. The van der Waals surface area contributed by atoms with Crippen LogP contribution in [-0.2, 0) is 4.74 Å². The average molecular weight is 249 g/mol. The van der Waals surface area contributed by atoms with Gasteiger partial charge in [0.05, 0.1) is 10.4 Å². The third-order valence-corrected chi connectivity index (χ3v) is 3.07. The van der Waals surface area contributed by atoms with Crippen molar-refractivity contribution in [2.75, 3.05) is 6.61 Å². The van der Waals surface area contributed by atoms with Gasteiger partial charge in [-0.05, 0) is 41.4 Å². The van der Waals surface area contributed by atoms with E-state index in [1.807, 2.05) is 13.0 Å². The van der Waals surface area contributed by atoms with Crippen LogP contribution in [-0.4, -0.2) is 12.6 Å². The Labute approximate surface area is 83.7 Å². The molecular formula is C8H9BrO2S. The molecule has 0 saturated carbocycles. The van der Waals surface area contributed by atoms with Crippen molar-refractivity contribution < 1.29 is 9.53 Å². The van der Waals surface area contributed by atoms with E-state index in [2.05, 4.69) is 15.9 Å². The first-order chi connectivity index (χ1) is 5.65. The van der Waals surface area contributed by atoms with Crippen LogP contribution >= 0.6 is 27.3 Å². The molecule has 0 unspecified atom stereocenters. The monoisotopic (exact) mass is 248 g/mol. The Balaban J connectivity index is 2.87. The topological polar surface area (TPSA) is 26.3 Å². The maximum Gasteiger partial charge on any atom is 0.348 e. The first kappa shape index (κ1) is 9.74. The van der Waals surface area contributed by atoms with Gasteiger partial charge < -0.3 is 4.74 Å². The zero-order chi connectivity index (χ0) is 9.14. The number of rotatable bonds is 2. The fraction of sp³-hybridized carbons (Fsp3) is 0.375. The van der Waals surface area contributed by atoms with Crippen LogP contribution in [0, 0.1) is 6.92 Å². The zero-order valence-corrected chi connectivity index (χ0v) is 9.29. The summed E-state index contributed by atoms with van der Waals surface area (Å²) in [6, 6.07) is 1.91. The van der Waals surface area contributed by atoms with E-state index in [0.29, 0.717) is 11.5 Å². The molecule has 66 valence electrons. The van der Waals surface area contributed by atoms with E-state index in [1.165, 1.54) is 11.3 Å². The van der Waals surface area contributed by atoms with Gasteiger partial charge in [0.2, 0.25) is 0 Å². The number of hydrogen-bond donors (Lipinski definition) is 0. The first-order valence-corrected chi connectivity index (χ1v) is 5.19. The number of thiophene rings is 1. The summed E-state index contributed by atoms with van der Waals surface area (Å²) in [6.45, 7) is 4.12. The second-order valence-electron chi connectivity index (χ2n) is 2.28. The van der Waals surface area contributed by atoms with Crippen molar-refractivity contribution in [3.8, 4) is 0 Å². The molecular weight excluding hydrogens is 240 g/mol. The molecule has 12 heavy (non-hydrogen) atoms. The van der Waals surface area contributed by atoms with Gasteiger partial charge in [-0.15, -0.1) is 11.3 Å². The summed E-state index contributed by atoms with van der Waals surface area (Å²) in [6.07, 6.45) is 0. The van der Waals surface area contributed by atoms with Crippen molar-refractivity contribution in [1.29, 1.82) is 0 Å². The van der Waals surface area contributed by atoms with Gasteiger partial charge in [0.25, 0.3) is 0 Å². The third-order valence-electron chi connectivity index (χ3n) is 1.35. The van der Waals surface area contributed by atoms with E-state index < -0.39 is 0 Å². The lowest BCUT2D eigenvalue weighted by molar-refractivity contribution is 0.0531. The Hall–Kier alpha value is -0.350. The highest BCUT2D eigenvalue weighted by Gasteiger charge is 2.12. The van der Waals surface area contributed by atoms with Crippen LogP contribution < -0.4 is 0 Å². The van der Waals surface area contributed by atoms with E-state index in [-0.39, 0.29) is 5.97 Å². The molecule has 1 aromatic rings. The molecule has 0 aliphatic heterocycles. The predicted molar refractivity (Wildman–Crippen MR) is 52.7 cm³/mol. The summed E-state index contributed by atoms with van der Waals surface area (Å²) in [5.41, 5.74) is 0.963. The van der Waals surface area contributed by atoms with Gasteiger partial charge in [-0.2, -0.15) is 0 Å². The SMILES string of the molecule is CCOC(=O)c1sc(Br)cc1C. The van der Waals surface area contributed by atoms with Gasteiger partial charge >= 0.3 is 5.97 Å². The third kappa shape index (κ3) is 2.08. The van der Waals surface area contributed by atoms with Gasteiger partial charge in [0.1, 0.15) is 4.88 Å². The minimum Gasteiger partial charge on any atom is -0.462 e. The van der Waals surface area contributed by atoms with Crippen LogP contribution in [0.4, 0.5) is 0 Å². The van der Waals surface area contributed by atoms with E-state index in [1.54, 1.807) is 6.92 Å². The van der Waals surface area contributed by atoms with Crippen molar-refractivity contribution >= 4 is 33.2 Å². The van der Waals surface area contributed by atoms with E-state index in [4.69, 9.17) is 4.74 Å². The van der Waals surface area contributed by atoms with Crippen LogP contribution in [0.1, 0.15) is 22.2 Å². The fourth-order valence-electron chi connectivity index (χ4n) is 0.843. The van der Waals surface area contributed by atoms with Crippen molar-refractivity contribution in [2.24, 2.45) is 0 Å². The second kappa shape index (κ2) is 4.05. The summed E-state index contributed by atoms with van der Waals surface area (Å²) in [7, 11) is 0. The molecule has 4 heteroatoms. The smallest absolute Gasteiger partial charge is 0.348 e. The van der Waals surface area contributed by atoms with Crippen LogP contribution in [0.15, 0.2) is 9.85 Å². The van der Waals surface area contributed by atoms with Crippen molar-refractivity contribution in [2.45, 2.75) is 13.8 Å². The van der Waals surface area contributed by atoms with Crippen molar-refractivity contribution in [3.63, 3.8) is 0 Å². The molecule has 0 radical (unpaired) electrons. The summed E-state index contributed by atoms with van der Waals surface area (Å²) in [5, 5.41) is 0. The molecule has 0 spiro atoms. The molecule has 0 aliphatic carbocycles. The molecule has 0 amide bonds. The number of esters is 1. The van der Waals surface area contributed by atoms with Crippen molar-refractivity contribution in [1.82, 2.24) is 0 Å². The van der Waals surface area contributed by atoms with Gasteiger partial charge in [-0.1, -0.05) is 0 Å². The summed E-state index contributed by atoms with van der Waals surface area (Å²) in [4.78, 5) is 11.9. The van der Waals surface area contributed by atoms with Gasteiger partial charge in [0.15, 0.2) is 0 Å². The van der Waals surface area contributed by atoms with Crippen LogP contribution in [0.2, 0.25) is 0 Å².